The number of nitrogens with zero attached hydrogens (tertiary/aromatic N) is 2. The summed E-state index contributed by atoms with van der Waals surface area (Å²) in [7, 11) is 1.98. The third-order valence-corrected chi connectivity index (χ3v) is 4.40. The SMILES string of the molecule is Cc1nn(C)c(C)c1CNC1CC(O)C1(C)C. The molecule has 1 aliphatic rings. The number of aliphatic hydroxyl groups is 1. The number of hydrogen-bond acceptors (Lipinski definition) is 3. The molecule has 1 aliphatic carbocycles. The van der Waals surface area contributed by atoms with Crippen LogP contribution in [-0.2, 0) is 13.6 Å². The zero-order valence-electron chi connectivity index (χ0n) is 11.4. The minimum absolute atomic E-state index is 0.00990. The summed E-state index contributed by atoms with van der Waals surface area (Å²) in [6.45, 7) is 9.21. The maximum atomic E-state index is 9.70. The van der Waals surface area contributed by atoms with E-state index in [2.05, 4.69) is 31.2 Å². The molecular weight excluding hydrogens is 214 g/mol. The van der Waals surface area contributed by atoms with E-state index in [0.29, 0.717) is 6.04 Å². The van der Waals surface area contributed by atoms with Crippen molar-refractivity contribution in [3.8, 4) is 0 Å². The monoisotopic (exact) mass is 237 g/mol. The third kappa shape index (κ3) is 2.00. The molecule has 0 aromatic carbocycles. The topological polar surface area (TPSA) is 50.1 Å². The fraction of sp³-hybridized carbons (Fsp3) is 0.769. The van der Waals surface area contributed by atoms with Crippen LogP contribution in [0, 0.1) is 19.3 Å². The average Bonchev–Trinajstić information content (AvgIpc) is 2.49. The molecule has 1 aromatic heterocycles. The van der Waals surface area contributed by atoms with Crippen molar-refractivity contribution in [3.05, 3.63) is 17.0 Å². The molecule has 0 saturated heterocycles. The number of aryl methyl sites for hydroxylation is 2. The minimum Gasteiger partial charge on any atom is -0.392 e. The van der Waals surface area contributed by atoms with E-state index in [1.54, 1.807) is 0 Å². The fourth-order valence-electron chi connectivity index (χ4n) is 2.55. The Bertz CT molecular complexity index is 423. The molecule has 0 radical (unpaired) electrons. The predicted octanol–water partition coefficient (Wildman–Crippen LogP) is 1.29. The maximum Gasteiger partial charge on any atom is 0.0641 e. The van der Waals surface area contributed by atoms with E-state index in [1.165, 1.54) is 11.3 Å². The highest BCUT2D eigenvalue weighted by Crippen LogP contribution is 2.40. The quantitative estimate of drug-likeness (QED) is 0.833. The molecule has 1 saturated carbocycles. The molecule has 1 aromatic rings. The second kappa shape index (κ2) is 4.10. The van der Waals surface area contributed by atoms with Gasteiger partial charge in [0, 0.05) is 36.3 Å². The molecule has 0 bridgehead atoms. The zero-order chi connectivity index (χ0) is 12.8. The van der Waals surface area contributed by atoms with Crippen LogP contribution in [0.5, 0.6) is 0 Å². The second-order valence-corrected chi connectivity index (χ2v) is 5.78. The second-order valence-electron chi connectivity index (χ2n) is 5.78. The Morgan fingerprint density at radius 1 is 1.47 bits per heavy atom. The average molecular weight is 237 g/mol. The molecule has 0 amide bonds. The van der Waals surface area contributed by atoms with E-state index in [4.69, 9.17) is 0 Å². The van der Waals surface area contributed by atoms with Crippen LogP contribution < -0.4 is 5.32 Å². The Morgan fingerprint density at radius 3 is 2.53 bits per heavy atom. The summed E-state index contributed by atoms with van der Waals surface area (Å²) in [6.07, 6.45) is 0.682. The first-order chi connectivity index (χ1) is 7.84. The Kier molecular flexibility index (Phi) is 3.04. The lowest BCUT2D eigenvalue weighted by Crippen LogP contribution is -2.59. The van der Waals surface area contributed by atoms with Gasteiger partial charge in [-0.2, -0.15) is 5.10 Å². The molecule has 17 heavy (non-hydrogen) atoms. The number of nitrogens with one attached hydrogen (secondary N) is 1. The van der Waals surface area contributed by atoms with Crippen LogP contribution in [0.3, 0.4) is 0 Å². The molecule has 0 aliphatic heterocycles. The molecular formula is C13H23N3O. The molecule has 2 N–H and O–H groups in total. The highest BCUT2D eigenvalue weighted by molar-refractivity contribution is 5.24. The molecule has 4 heteroatoms. The number of aliphatic hydroxyl groups excluding tert-OH is 1. The van der Waals surface area contributed by atoms with Crippen LogP contribution in [0.15, 0.2) is 0 Å². The summed E-state index contributed by atoms with van der Waals surface area (Å²) in [5.41, 5.74) is 3.58. The summed E-state index contributed by atoms with van der Waals surface area (Å²) >= 11 is 0. The van der Waals surface area contributed by atoms with Gasteiger partial charge in [-0.25, -0.2) is 0 Å². The summed E-state index contributed by atoms with van der Waals surface area (Å²) in [4.78, 5) is 0. The van der Waals surface area contributed by atoms with Gasteiger partial charge in [0.2, 0.25) is 0 Å². The molecule has 1 heterocycles. The van der Waals surface area contributed by atoms with Gasteiger partial charge in [0.25, 0.3) is 0 Å². The Balaban J connectivity index is 2.00. The van der Waals surface area contributed by atoms with E-state index in [9.17, 15) is 5.11 Å². The predicted molar refractivity (Wildman–Crippen MR) is 67.7 cm³/mol. The Labute approximate surface area is 103 Å². The first-order valence-corrected chi connectivity index (χ1v) is 6.24. The van der Waals surface area contributed by atoms with Crippen molar-refractivity contribution in [2.75, 3.05) is 0 Å². The van der Waals surface area contributed by atoms with Gasteiger partial charge in [-0.15, -0.1) is 0 Å². The van der Waals surface area contributed by atoms with E-state index in [-0.39, 0.29) is 11.5 Å². The van der Waals surface area contributed by atoms with Crippen LogP contribution in [0.4, 0.5) is 0 Å². The molecule has 96 valence electrons. The van der Waals surface area contributed by atoms with Crippen molar-refractivity contribution in [1.29, 1.82) is 0 Å². The third-order valence-electron chi connectivity index (χ3n) is 4.40. The van der Waals surface area contributed by atoms with Crippen molar-refractivity contribution in [1.82, 2.24) is 15.1 Å². The summed E-state index contributed by atoms with van der Waals surface area (Å²) in [6, 6.07) is 0.400. The number of rotatable bonds is 3. The van der Waals surface area contributed by atoms with Gasteiger partial charge in [-0.1, -0.05) is 13.8 Å². The summed E-state index contributed by atoms with van der Waals surface area (Å²) in [5, 5.41) is 17.6. The molecule has 1 fully saturated rings. The van der Waals surface area contributed by atoms with E-state index in [0.717, 1.165) is 18.7 Å². The Hall–Kier alpha value is -0.870. The first kappa shape index (κ1) is 12.6. The first-order valence-electron chi connectivity index (χ1n) is 6.24. The standard InChI is InChI=1S/C13H23N3O/c1-8-10(9(2)16(5)15-8)7-14-11-6-12(17)13(11,3)4/h11-12,14,17H,6-7H2,1-5H3. The number of hydrogen-bond donors (Lipinski definition) is 2. The van der Waals surface area contributed by atoms with Crippen LogP contribution in [-0.4, -0.2) is 27.0 Å². The van der Waals surface area contributed by atoms with Crippen molar-refractivity contribution in [2.24, 2.45) is 12.5 Å². The van der Waals surface area contributed by atoms with Gasteiger partial charge in [-0.3, -0.25) is 4.68 Å². The van der Waals surface area contributed by atoms with E-state index < -0.39 is 0 Å². The van der Waals surface area contributed by atoms with Gasteiger partial charge in [0.15, 0.2) is 0 Å². The molecule has 0 spiro atoms. The van der Waals surface area contributed by atoms with Crippen LogP contribution >= 0.6 is 0 Å². The highest BCUT2D eigenvalue weighted by atomic mass is 16.3. The van der Waals surface area contributed by atoms with E-state index in [1.807, 2.05) is 18.7 Å². The molecule has 2 unspecified atom stereocenters. The van der Waals surface area contributed by atoms with Crippen molar-refractivity contribution >= 4 is 0 Å². The summed E-state index contributed by atoms with van der Waals surface area (Å²) in [5.74, 6) is 0. The summed E-state index contributed by atoms with van der Waals surface area (Å²) < 4.78 is 1.92. The van der Waals surface area contributed by atoms with Crippen LogP contribution in [0.25, 0.3) is 0 Å². The van der Waals surface area contributed by atoms with Crippen molar-refractivity contribution in [2.45, 2.75) is 52.8 Å². The smallest absolute Gasteiger partial charge is 0.0641 e. The zero-order valence-corrected chi connectivity index (χ0v) is 11.4. The van der Waals surface area contributed by atoms with Gasteiger partial charge in [0.05, 0.1) is 11.8 Å². The Morgan fingerprint density at radius 2 is 2.12 bits per heavy atom. The molecule has 2 rings (SSSR count). The number of aromatic nitrogens is 2. The minimum atomic E-state index is -0.170. The largest absolute Gasteiger partial charge is 0.392 e. The lowest BCUT2D eigenvalue weighted by atomic mass is 9.64. The van der Waals surface area contributed by atoms with Gasteiger partial charge < -0.3 is 10.4 Å². The van der Waals surface area contributed by atoms with Crippen LogP contribution in [0.1, 0.15) is 37.2 Å². The lowest BCUT2D eigenvalue weighted by molar-refractivity contribution is -0.0730. The fourth-order valence-corrected chi connectivity index (χ4v) is 2.55. The van der Waals surface area contributed by atoms with Crippen LogP contribution in [0.2, 0.25) is 0 Å². The lowest BCUT2D eigenvalue weighted by Gasteiger charge is -2.49. The maximum absolute atomic E-state index is 9.70. The van der Waals surface area contributed by atoms with Gasteiger partial charge in [0.1, 0.15) is 0 Å². The van der Waals surface area contributed by atoms with Crippen molar-refractivity contribution < 1.29 is 5.11 Å². The molecule has 4 nitrogen and oxygen atoms in total. The normalized spacial score (nSPS) is 26.9. The van der Waals surface area contributed by atoms with E-state index >= 15 is 0 Å². The van der Waals surface area contributed by atoms with Gasteiger partial charge >= 0.3 is 0 Å². The molecule has 2 atom stereocenters. The van der Waals surface area contributed by atoms with Crippen molar-refractivity contribution in [3.63, 3.8) is 0 Å². The highest BCUT2D eigenvalue weighted by Gasteiger charge is 2.46. The van der Waals surface area contributed by atoms with Gasteiger partial charge in [-0.05, 0) is 20.3 Å².